The monoisotopic (exact) mass is 290 g/mol. The van der Waals surface area contributed by atoms with Crippen molar-refractivity contribution < 1.29 is 0 Å². The lowest BCUT2D eigenvalue weighted by Gasteiger charge is -2.53. The molecule has 1 aromatic rings. The molecule has 2 fully saturated rings. The van der Waals surface area contributed by atoms with Crippen molar-refractivity contribution in [3.63, 3.8) is 0 Å². The molecule has 2 heterocycles. The van der Waals surface area contributed by atoms with Crippen molar-refractivity contribution in [2.75, 3.05) is 19.6 Å². The first-order chi connectivity index (χ1) is 9.97. The van der Waals surface area contributed by atoms with Crippen LogP contribution in [0, 0.1) is 5.92 Å². The molecule has 4 heteroatoms. The van der Waals surface area contributed by atoms with Crippen molar-refractivity contribution in [1.82, 2.24) is 19.8 Å². The molecule has 4 nitrogen and oxygen atoms in total. The van der Waals surface area contributed by atoms with Crippen molar-refractivity contribution in [3.8, 4) is 0 Å². The number of nitrogens with one attached hydrogen (secondary N) is 1. The van der Waals surface area contributed by atoms with Gasteiger partial charge in [-0.1, -0.05) is 6.92 Å². The molecular formula is C17H30N4. The zero-order valence-electron chi connectivity index (χ0n) is 14.0. The second-order valence-electron chi connectivity index (χ2n) is 7.53. The fraction of sp³-hybridized carbons (Fsp3) is 0.824. The molecule has 2 aliphatic rings. The molecule has 0 amide bonds. The van der Waals surface area contributed by atoms with Crippen LogP contribution in [0.25, 0.3) is 0 Å². The Hall–Kier alpha value is -0.870. The van der Waals surface area contributed by atoms with Crippen LogP contribution in [-0.2, 0) is 13.5 Å². The van der Waals surface area contributed by atoms with Gasteiger partial charge < -0.3 is 9.88 Å². The summed E-state index contributed by atoms with van der Waals surface area (Å²) >= 11 is 0. The summed E-state index contributed by atoms with van der Waals surface area (Å²) in [6.07, 6.45) is 8.99. The quantitative estimate of drug-likeness (QED) is 0.902. The molecule has 1 N–H and O–H groups in total. The van der Waals surface area contributed by atoms with Crippen LogP contribution in [0.3, 0.4) is 0 Å². The van der Waals surface area contributed by atoms with Gasteiger partial charge in [-0.05, 0) is 39.0 Å². The van der Waals surface area contributed by atoms with Crippen molar-refractivity contribution in [1.29, 1.82) is 0 Å². The van der Waals surface area contributed by atoms with Gasteiger partial charge >= 0.3 is 0 Å². The van der Waals surface area contributed by atoms with E-state index in [1.807, 2.05) is 12.4 Å². The third-order valence-electron chi connectivity index (χ3n) is 5.90. The lowest BCUT2D eigenvalue weighted by atomic mass is 9.84. The van der Waals surface area contributed by atoms with E-state index in [1.165, 1.54) is 25.1 Å². The topological polar surface area (TPSA) is 33.1 Å². The van der Waals surface area contributed by atoms with Crippen molar-refractivity contribution in [2.45, 2.75) is 57.5 Å². The highest BCUT2D eigenvalue weighted by Crippen LogP contribution is 2.45. The highest BCUT2D eigenvalue weighted by Gasteiger charge is 2.50. The smallest absolute Gasteiger partial charge is 0.109 e. The van der Waals surface area contributed by atoms with E-state index in [4.69, 9.17) is 0 Å². The Morgan fingerprint density at radius 2 is 2.14 bits per heavy atom. The van der Waals surface area contributed by atoms with Gasteiger partial charge in [0.2, 0.25) is 0 Å². The van der Waals surface area contributed by atoms with Crippen molar-refractivity contribution in [3.05, 3.63) is 18.2 Å². The van der Waals surface area contributed by atoms with Crippen LogP contribution in [0.4, 0.5) is 0 Å². The maximum atomic E-state index is 4.49. The molecule has 1 saturated carbocycles. The van der Waals surface area contributed by atoms with E-state index in [2.05, 4.69) is 47.6 Å². The summed E-state index contributed by atoms with van der Waals surface area (Å²) in [4.78, 5) is 7.23. The molecule has 2 unspecified atom stereocenters. The third kappa shape index (κ3) is 2.88. The minimum atomic E-state index is 0.260. The number of hydrogen-bond donors (Lipinski definition) is 1. The molecule has 2 atom stereocenters. The van der Waals surface area contributed by atoms with Gasteiger partial charge in [0, 0.05) is 56.6 Å². The molecule has 0 aromatic carbocycles. The number of piperazine rings is 1. The van der Waals surface area contributed by atoms with Gasteiger partial charge in [-0.25, -0.2) is 4.98 Å². The van der Waals surface area contributed by atoms with E-state index in [1.54, 1.807) is 0 Å². The Bertz CT molecular complexity index is 493. The van der Waals surface area contributed by atoms with Gasteiger partial charge in [0.1, 0.15) is 5.82 Å². The molecular weight excluding hydrogens is 260 g/mol. The van der Waals surface area contributed by atoms with E-state index in [-0.39, 0.29) is 5.54 Å². The van der Waals surface area contributed by atoms with E-state index in [0.29, 0.717) is 5.54 Å². The van der Waals surface area contributed by atoms with Gasteiger partial charge in [0.15, 0.2) is 0 Å². The van der Waals surface area contributed by atoms with Crippen LogP contribution < -0.4 is 5.32 Å². The summed E-state index contributed by atoms with van der Waals surface area (Å²) in [6, 6.07) is 0. The van der Waals surface area contributed by atoms with E-state index in [0.717, 1.165) is 32.0 Å². The predicted octanol–water partition coefficient (Wildman–Crippen LogP) is 2.21. The fourth-order valence-corrected chi connectivity index (χ4v) is 3.71. The van der Waals surface area contributed by atoms with Gasteiger partial charge in [-0.15, -0.1) is 0 Å². The second kappa shape index (κ2) is 5.40. The van der Waals surface area contributed by atoms with E-state index < -0.39 is 0 Å². The average molecular weight is 290 g/mol. The summed E-state index contributed by atoms with van der Waals surface area (Å²) in [7, 11) is 2.09. The van der Waals surface area contributed by atoms with Crippen LogP contribution in [0.1, 0.15) is 45.9 Å². The first-order valence-corrected chi connectivity index (χ1v) is 8.43. The maximum Gasteiger partial charge on any atom is 0.109 e. The van der Waals surface area contributed by atoms with Gasteiger partial charge in [-0.3, -0.25) is 4.90 Å². The third-order valence-corrected chi connectivity index (χ3v) is 5.90. The summed E-state index contributed by atoms with van der Waals surface area (Å²) < 4.78 is 2.15. The maximum absolute atomic E-state index is 4.49. The SMILES string of the molecule is CCC1(C)CN(CCc2nccn2C)C(C)(C2CC2)CN1. The summed E-state index contributed by atoms with van der Waals surface area (Å²) in [5, 5.41) is 3.83. The zero-order valence-corrected chi connectivity index (χ0v) is 14.0. The number of imidazole rings is 1. The highest BCUT2D eigenvalue weighted by molar-refractivity contribution is 5.08. The molecule has 0 bridgehead atoms. The van der Waals surface area contributed by atoms with Crippen LogP contribution in [-0.4, -0.2) is 45.2 Å². The fourth-order valence-electron chi connectivity index (χ4n) is 3.71. The van der Waals surface area contributed by atoms with Crippen molar-refractivity contribution >= 4 is 0 Å². The minimum absolute atomic E-state index is 0.260. The zero-order chi connectivity index (χ0) is 15.1. The number of aryl methyl sites for hydroxylation is 1. The van der Waals surface area contributed by atoms with Crippen LogP contribution >= 0.6 is 0 Å². The molecule has 0 radical (unpaired) electrons. The van der Waals surface area contributed by atoms with E-state index >= 15 is 0 Å². The molecule has 118 valence electrons. The Balaban J connectivity index is 1.72. The highest BCUT2D eigenvalue weighted by atomic mass is 15.3. The molecule has 0 spiro atoms. The Morgan fingerprint density at radius 1 is 1.38 bits per heavy atom. The molecule has 21 heavy (non-hydrogen) atoms. The number of hydrogen-bond acceptors (Lipinski definition) is 3. The summed E-state index contributed by atoms with van der Waals surface area (Å²) in [6.45, 7) is 10.5. The summed E-state index contributed by atoms with van der Waals surface area (Å²) in [5.41, 5.74) is 0.593. The minimum Gasteiger partial charge on any atom is -0.338 e. The Kier molecular flexibility index (Phi) is 3.87. The Morgan fingerprint density at radius 3 is 2.71 bits per heavy atom. The van der Waals surface area contributed by atoms with E-state index in [9.17, 15) is 0 Å². The van der Waals surface area contributed by atoms with Crippen LogP contribution in [0.15, 0.2) is 12.4 Å². The lowest BCUT2D eigenvalue weighted by molar-refractivity contribution is 0.00564. The number of aromatic nitrogens is 2. The number of nitrogens with zero attached hydrogens (tertiary/aromatic N) is 3. The van der Waals surface area contributed by atoms with Gasteiger partial charge in [0.25, 0.3) is 0 Å². The lowest BCUT2D eigenvalue weighted by Crippen LogP contribution is -2.69. The van der Waals surface area contributed by atoms with Gasteiger partial charge in [0.05, 0.1) is 0 Å². The first kappa shape index (κ1) is 15.0. The molecule has 1 aliphatic carbocycles. The molecule has 1 saturated heterocycles. The average Bonchev–Trinajstić information content (AvgIpc) is 3.25. The number of rotatable bonds is 5. The first-order valence-electron chi connectivity index (χ1n) is 8.43. The van der Waals surface area contributed by atoms with Crippen LogP contribution in [0.2, 0.25) is 0 Å². The van der Waals surface area contributed by atoms with Crippen molar-refractivity contribution in [2.24, 2.45) is 13.0 Å². The standard InChI is InChI=1S/C17H30N4/c1-5-16(2)13-21(10-8-15-18-9-11-20(15)4)17(3,12-19-16)14-6-7-14/h9,11,14,19H,5-8,10,12-13H2,1-4H3. The molecule has 1 aromatic heterocycles. The second-order valence-corrected chi connectivity index (χ2v) is 7.53. The summed E-state index contributed by atoms with van der Waals surface area (Å²) in [5.74, 6) is 2.08. The predicted molar refractivity (Wildman–Crippen MR) is 86.3 cm³/mol. The Labute approximate surface area is 128 Å². The molecule has 1 aliphatic heterocycles. The largest absolute Gasteiger partial charge is 0.338 e. The molecule has 3 rings (SSSR count). The normalized spacial score (nSPS) is 34.3. The van der Waals surface area contributed by atoms with Gasteiger partial charge in [-0.2, -0.15) is 0 Å². The van der Waals surface area contributed by atoms with Crippen LogP contribution in [0.5, 0.6) is 0 Å².